The van der Waals surface area contributed by atoms with Crippen LogP contribution in [0.25, 0.3) is 0 Å². The Morgan fingerprint density at radius 1 is 1.03 bits per heavy atom. The molecule has 186 valence electrons. The van der Waals surface area contributed by atoms with Gasteiger partial charge in [0.15, 0.2) is 0 Å². The van der Waals surface area contributed by atoms with Gasteiger partial charge in [0.05, 0.1) is 29.3 Å². The van der Waals surface area contributed by atoms with Gasteiger partial charge in [0.1, 0.15) is 0 Å². The Morgan fingerprint density at radius 2 is 1.71 bits per heavy atom. The van der Waals surface area contributed by atoms with Crippen LogP contribution in [0.2, 0.25) is 0 Å². The van der Waals surface area contributed by atoms with E-state index in [-0.39, 0.29) is 25.8 Å². The van der Waals surface area contributed by atoms with Crippen molar-refractivity contribution in [3.63, 3.8) is 0 Å². The Balaban J connectivity index is 1.30. The minimum Gasteiger partial charge on any atom is -0.389 e. The highest BCUT2D eigenvalue weighted by molar-refractivity contribution is 7.89. The Morgan fingerprint density at radius 3 is 2.44 bits per heavy atom. The maximum absolute atomic E-state index is 13.3. The van der Waals surface area contributed by atoms with E-state index in [1.54, 1.807) is 0 Å². The second-order valence-corrected chi connectivity index (χ2v) is 10.7. The number of β-amino-alcohol motifs (C(OH)–C–C–N with tert-alkyl or cyclic N) is 1. The fourth-order valence-corrected chi connectivity index (χ4v) is 6.31. The zero-order valence-electron chi connectivity index (χ0n) is 18.7. The molecule has 34 heavy (non-hydrogen) atoms. The standard InChI is InChI=1S/C24H29F3N2O4S/c25-24(26,27)21-9-3-4-11-23(21)34(31,32)29-14-12-28(13-15-29)16-19(30)17-33-22-10-5-7-18-6-1-2-8-20(18)22/h1-4,6,8-9,11,19,22,30H,5,7,10,12-17H2/t19-,22+/m1/s1. The van der Waals surface area contributed by atoms with Crippen LogP contribution in [0, 0.1) is 0 Å². The van der Waals surface area contributed by atoms with Gasteiger partial charge in [-0.2, -0.15) is 17.5 Å². The molecule has 2 aromatic carbocycles. The highest BCUT2D eigenvalue weighted by Gasteiger charge is 2.39. The van der Waals surface area contributed by atoms with E-state index in [0.717, 1.165) is 35.7 Å². The molecule has 2 atom stereocenters. The molecule has 0 amide bonds. The van der Waals surface area contributed by atoms with Gasteiger partial charge in [-0.25, -0.2) is 8.42 Å². The minimum absolute atomic E-state index is 0.0460. The van der Waals surface area contributed by atoms with Crippen molar-refractivity contribution in [1.29, 1.82) is 0 Å². The quantitative estimate of drug-likeness (QED) is 0.633. The van der Waals surface area contributed by atoms with Gasteiger partial charge in [0.25, 0.3) is 0 Å². The zero-order chi connectivity index (χ0) is 24.3. The van der Waals surface area contributed by atoms with E-state index in [1.807, 2.05) is 17.0 Å². The second kappa shape index (κ2) is 10.3. The molecule has 4 rings (SSSR count). The Labute approximate surface area is 198 Å². The lowest BCUT2D eigenvalue weighted by molar-refractivity contribution is -0.139. The second-order valence-electron chi connectivity index (χ2n) is 8.77. The van der Waals surface area contributed by atoms with E-state index < -0.39 is 32.8 Å². The normalized spacial score (nSPS) is 21.2. The molecule has 0 unspecified atom stereocenters. The van der Waals surface area contributed by atoms with Crippen molar-refractivity contribution < 1.29 is 31.4 Å². The van der Waals surface area contributed by atoms with Crippen LogP contribution in [0.15, 0.2) is 53.4 Å². The van der Waals surface area contributed by atoms with Crippen LogP contribution >= 0.6 is 0 Å². The van der Waals surface area contributed by atoms with E-state index in [1.165, 1.54) is 23.3 Å². The van der Waals surface area contributed by atoms with Crippen molar-refractivity contribution >= 4 is 10.0 Å². The van der Waals surface area contributed by atoms with Crippen LogP contribution < -0.4 is 0 Å². The Hall–Kier alpha value is -1.98. The molecular formula is C24H29F3N2O4S. The summed E-state index contributed by atoms with van der Waals surface area (Å²) in [6, 6.07) is 12.4. The molecule has 0 spiro atoms. The first kappa shape index (κ1) is 25.1. The van der Waals surface area contributed by atoms with Crippen LogP contribution in [0.1, 0.15) is 35.6 Å². The first-order valence-corrected chi connectivity index (χ1v) is 12.9. The third-order valence-electron chi connectivity index (χ3n) is 6.41. The summed E-state index contributed by atoms with van der Waals surface area (Å²) in [5, 5.41) is 10.5. The Kier molecular flexibility index (Phi) is 7.63. The predicted octanol–water partition coefficient (Wildman–Crippen LogP) is 3.47. The number of aliphatic hydroxyl groups excluding tert-OH is 1. The number of sulfonamides is 1. The zero-order valence-corrected chi connectivity index (χ0v) is 19.6. The smallest absolute Gasteiger partial charge is 0.389 e. The summed E-state index contributed by atoms with van der Waals surface area (Å²) in [5.74, 6) is 0. The lowest BCUT2D eigenvalue weighted by Gasteiger charge is -2.35. The van der Waals surface area contributed by atoms with Gasteiger partial charge < -0.3 is 9.84 Å². The maximum atomic E-state index is 13.3. The molecule has 6 nitrogen and oxygen atoms in total. The number of ether oxygens (including phenoxy) is 1. The number of hydrogen-bond donors (Lipinski definition) is 1. The van der Waals surface area contributed by atoms with Gasteiger partial charge in [-0.05, 0) is 42.5 Å². The fourth-order valence-electron chi connectivity index (χ4n) is 4.68. The first-order valence-electron chi connectivity index (χ1n) is 11.4. The van der Waals surface area contributed by atoms with Crippen molar-refractivity contribution in [2.75, 3.05) is 39.3 Å². The van der Waals surface area contributed by atoms with Crippen LogP contribution in [0.4, 0.5) is 13.2 Å². The molecule has 1 fully saturated rings. The highest BCUT2D eigenvalue weighted by atomic mass is 32.2. The first-order chi connectivity index (χ1) is 16.2. The van der Waals surface area contributed by atoms with E-state index in [0.29, 0.717) is 19.6 Å². The van der Waals surface area contributed by atoms with E-state index in [2.05, 4.69) is 12.1 Å². The number of hydrogen-bond acceptors (Lipinski definition) is 5. The van der Waals surface area contributed by atoms with Crippen molar-refractivity contribution in [3.8, 4) is 0 Å². The summed E-state index contributed by atoms with van der Waals surface area (Å²) in [6.45, 7) is 1.21. The number of piperazine rings is 1. The van der Waals surface area contributed by atoms with Crippen molar-refractivity contribution in [1.82, 2.24) is 9.21 Å². The molecular weight excluding hydrogens is 469 g/mol. The average molecular weight is 499 g/mol. The fraction of sp³-hybridized carbons (Fsp3) is 0.500. The van der Waals surface area contributed by atoms with Gasteiger partial charge in [-0.3, -0.25) is 4.90 Å². The number of aryl methyl sites for hydroxylation is 1. The molecule has 1 aliphatic carbocycles. The molecule has 1 heterocycles. The van der Waals surface area contributed by atoms with Crippen LogP contribution in [0.3, 0.4) is 0 Å². The number of rotatable bonds is 7. The summed E-state index contributed by atoms with van der Waals surface area (Å²) in [5.41, 5.74) is 1.28. The monoisotopic (exact) mass is 498 g/mol. The van der Waals surface area contributed by atoms with E-state index in [9.17, 15) is 26.7 Å². The maximum Gasteiger partial charge on any atom is 0.417 e. The van der Waals surface area contributed by atoms with Gasteiger partial charge >= 0.3 is 6.18 Å². The van der Waals surface area contributed by atoms with Crippen LogP contribution in [-0.4, -0.2) is 68.2 Å². The van der Waals surface area contributed by atoms with Gasteiger partial charge in [-0.1, -0.05) is 36.4 Å². The number of halogens is 3. The highest BCUT2D eigenvalue weighted by Crippen LogP contribution is 2.35. The molecule has 0 aromatic heterocycles. The third-order valence-corrected chi connectivity index (χ3v) is 8.37. The number of nitrogens with zero attached hydrogens (tertiary/aromatic N) is 2. The largest absolute Gasteiger partial charge is 0.417 e. The molecule has 1 aliphatic heterocycles. The van der Waals surface area contributed by atoms with Crippen molar-refractivity contribution in [3.05, 3.63) is 65.2 Å². The minimum atomic E-state index is -4.76. The van der Waals surface area contributed by atoms with E-state index >= 15 is 0 Å². The number of aliphatic hydroxyl groups is 1. The molecule has 0 saturated carbocycles. The van der Waals surface area contributed by atoms with Gasteiger partial charge in [0, 0.05) is 32.7 Å². The lowest BCUT2D eigenvalue weighted by Crippen LogP contribution is -2.50. The summed E-state index contributed by atoms with van der Waals surface area (Å²) in [4.78, 5) is 1.18. The summed E-state index contributed by atoms with van der Waals surface area (Å²) >= 11 is 0. The Bertz CT molecular complexity index is 1090. The topological polar surface area (TPSA) is 70.1 Å². The summed E-state index contributed by atoms with van der Waals surface area (Å²) in [7, 11) is -4.28. The van der Waals surface area contributed by atoms with Crippen LogP contribution in [0.5, 0.6) is 0 Å². The van der Waals surface area contributed by atoms with Crippen LogP contribution in [-0.2, 0) is 27.4 Å². The summed E-state index contributed by atoms with van der Waals surface area (Å²) in [6.07, 6.45) is -2.59. The SMILES string of the molecule is O=S(=O)(c1ccccc1C(F)(F)F)N1CCN(C[C@@H](O)CO[C@H]2CCCc3ccccc32)CC1. The lowest BCUT2D eigenvalue weighted by atomic mass is 9.89. The molecule has 2 aliphatic rings. The number of benzene rings is 2. The molecule has 0 bridgehead atoms. The number of alkyl halides is 3. The molecule has 0 radical (unpaired) electrons. The molecule has 2 aromatic rings. The predicted molar refractivity (Wildman–Crippen MR) is 121 cm³/mol. The van der Waals surface area contributed by atoms with E-state index in [4.69, 9.17) is 4.74 Å². The molecule has 10 heteroatoms. The molecule has 1 N–H and O–H groups in total. The molecule has 1 saturated heterocycles. The van der Waals surface area contributed by atoms with Gasteiger partial charge in [0.2, 0.25) is 10.0 Å². The number of fused-ring (bicyclic) bond motifs is 1. The van der Waals surface area contributed by atoms with Gasteiger partial charge in [-0.15, -0.1) is 0 Å². The van der Waals surface area contributed by atoms with Crippen molar-refractivity contribution in [2.45, 2.75) is 42.5 Å². The van der Waals surface area contributed by atoms with Crippen molar-refractivity contribution in [2.24, 2.45) is 0 Å². The average Bonchev–Trinajstić information content (AvgIpc) is 2.82. The summed E-state index contributed by atoms with van der Waals surface area (Å²) < 4.78 is 72.8. The third kappa shape index (κ3) is 5.63.